The predicted molar refractivity (Wildman–Crippen MR) is 95.8 cm³/mol. The van der Waals surface area contributed by atoms with Crippen LogP contribution in [0.3, 0.4) is 0 Å². The Labute approximate surface area is 148 Å². The van der Waals surface area contributed by atoms with Crippen molar-refractivity contribution in [2.75, 3.05) is 4.90 Å². The van der Waals surface area contributed by atoms with Crippen molar-refractivity contribution in [1.82, 2.24) is 9.78 Å². The highest BCUT2D eigenvalue weighted by Gasteiger charge is 2.28. The first-order valence-corrected chi connectivity index (χ1v) is 9.03. The molecule has 1 aliphatic rings. The van der Waals surface area contributed by atoms with Crippen LogP contribution >= 0.6 is 11.3 Å². The Morgan fingerprint density at radius 2 is 2.16 bits per heavy atom. The summed E-state index contributed by atoms with van der Waals surface area (Å²) >= 11 is 1.43. The van der Waals surface area contributed by atoms with E-state index < -0.39 is 5.76 Å². The number of nitrogens with zero attached hydrogens (tertiary/aromatic N) is 3. The number of aromatic nitrogens is 2. The molecule has 7 heteroatoms. The van der Waals surface area contributed by atoms with E-state index in [0.29, 0.717) is 0 Å². The summed E-state index contributed by atoms with van der Waals surface area (Å²) in [5.41, 5.74) is 2.07. The van der Waals surface area contributed by atoms with Crippen molar-refractivity contribution in [3.63, 3.8) is 0 Å². The number of para-hydroxylation sites is 1. The van der Waals surface area contributed by atoms with Gasteiger partial charge < -0.3 is 9.32 Å². The molecule has 2 aromatic heterocycles. The fraction of sp³-hybridized carbons (Fsp3) is 0.278. The molecular formula is C18H17N3O3S. The third kappa shape index (κ3) is 2.91. The highest BCUT2D eigenvalue weighted by Crippen LogP contribution is 2.30. The molecule has 3 aromatic rings. The van der Waals surface area contributed by atoms with Gasteiger partial charge in [0.2, 0.25) is 5.91 Å². The number of thiophene rings is 1. The number of hydrogen-bond acceptors (Lipinski definition) is 5. The first-order chi connectivity index (χ1) is 12.1. The van der Waals surface area contributed by atoms with Crippen LogP contribution in [-0.4, -0.2) is 21.7 Å². The van der Waals surface area contributed by atoms with Crippen LogP contribution in [0.15, 0.2) is 51.0 Å². The third-order valence-electron chi connectivity index (χ3n) is 4.42. The van der Waals surface area contributed by atoms with Gasteiger partial charge in [-0.3, -0.25) is 4.79 Å². The van der Waals surface area contributed by atoms with Crippen LogP contribution in [0.4, 0.5) is 5.69 Å². The predicted octanol–water partition coefficient (Wildman–Crippen LogP) is 2.93. The van der Waals surface area contributed by atoms with E-state index in [-0.39, 0.29) is 24.4 Å². The molecule has 0 saturated carbocycles. The number of rotatable bonds is 3. The number of anilines is 1. The normalized spacial score (nSPS) is 16.7. The highest BCUT2D eigenvalue weighted by atomic mass is 32.1. The number of carbonyl (C=O) groups excluding carboxylic acids is 1. The Morgan fingerprint density at radius 1 is 1.32 bits per heavy atom. The molecule has 1 unspecified atom stereocenters. The van der Waals surface area contributed by atoms with Crippen molar-refractivity contribution in [2.24, 2.45) is 0 Å². The zero-order chi connectivity index (χ0) is 17.4. The SMILES string of the molecule is CC1CCc2ccccc2N1C(=O)Cn1nc(-c2cccs2)oc1=O. The van der Waals surface area contributed by atoms with Crippen LogP contribution in [0.2, 0.25) is 0 Å². The van der Waals surface area contributed by atoms with Crippen LogP contribution in [0.5, 0.6) is 0 Å². The zero-order valence-electron chi connectivity index (χ0n) is 13.7. The molecule has 0 N–H and O–H groups in total. The number of aryl methyl sites for hydroxylation is 1. The van der Waals surface area contributed by atoms with Crippen LogP contribution < -0.4 is 10.7 Å². The first-order valence-electron chi connectivity index (χ1n) is 8.15. The van der Waals surface area contributed by atoms with Crippen LogP contribution in [-0.2, 0) is 17.8 Å². The summed E-state index contributed by atoms with van der Waals surface area (Å²) in [5.74, 6) is -0.526. The molecule has 3 heterocycles. The van der Waals surface area contributed by atoms with Gasteiger partial charge in [-0.05, 0) is 42.8 Å². The second-order valence-electron chi connectivity index (χ2n) is 6.09. The van der Waals surface area contributed by atoms with E-state index >= 15 is 0 Å². The lowest BCUT2D eigenvalue weighted by molar-refractivity contribution is -0.120. The lowest BCUT2D eigenvalue weighted by Crippen LogP contribution is -2.44. The minimum absolute atomic E-state index is 0.0850. The molecule has 0 radical (unpaired) electrons. The van der Waals surface area contributed by atoms with E-state index in [0.717, 1.165) is 33.7 Å². The minimum Gasteiger partial charge on any atom is -0.387 e. The molecular weight excluding hydrogens is 338 g/mol. The molecule has 0 aliphatic carbocycles. The van der Waals surface area contributed by atoms with Crippen molar-refractivity contribution in [3.05, 3.63) is 57.9 Å². The van der Waals surface area contributed by atoms with Gasteiger partial charge in [0.15, 0.2) is 0 Å². The van der Waals surface area contributed by atoms with Gasteiger partial charge in [-0.15, -0.1) is 16.4 Å². The molecule has 1 aromatic carbocycles. The van der Waals surface area contributed by atoms with Crippen molar-refractivity contribution in [2.45, 2.75) is 32.4 Å². The van der Waals surface area contributed by atoms with E-state index in [1.165, 1.54) is 11.3 Å². The maximum absolute atomic E-state index is 12.9. The summed E-state index contributed by atoms with van der Waals surface area (Å²) in [6.45, 7) is 1.89. The molecule has 0 spiro atoms. The summed E-state index contributed by atoms with van der Waals surface area (Å²) in [5, 5.41) is 6.05. The van der Waals surface area contributed by atoms with E-state index in [1.54, 1.807) is 4.90 Å². The highest BCUT2D eigenvalue weighted by molar-refractivity contribution is 7.13. The Morgan fingerprint density at radius 3 is 2.96 bits per heavy atom. The van der Waals surface area contributed by atoms with E-state index in [2.05, 4.69) is 5.10 Å². The maximum atomic E-state index is 12.9. The molecule has 0 bridgehead atoms. The molecule has 1 aliphatic heterocycles. The van der Waals surface area contributed by atoms with Crippen molar-refractivity contribution in [3.8, 4) is 10.8 Å². The van der Waals surface area contributed by atoms with Gasteiger partial charge in [0.1, 0.15) is 6.54 Å². The lowest BCUT2D eigenvalue weighted by Gasteiger charge is -2.35. The van der Waals surface area contributed by atoms with Gasteiger partial charge in [-0.25, -0.2) is 4.79 Å². The Hall–Kier alpha value is -2.67. The van der Waals surface area contributed by atoms with Gasteiger partial charge in [0.05, 0.1) is 4.88 Å². The van der Waals surface area contributed by atoms with E-state index in [4.69, 9.17) is 4.42 Å². The molecule has 128 valence electrons. The summed E-state index contributed by atoms with van der Waals surface area (Å²) < 4.78 is 6.28. The topological polar surface area (TPSA) is 68.3 Å². The Bertz CT molecular complexity index is 958. The second kappa shape index (κ2) is 6.33. The third-order valence-corrected chi connectivity index (χ3v) is 5.27. The summed E-state index contributed by atoms with van der Waals surface area (Å²) in [6.07, 6.45) is 1.85. The summed E-state index contributed by atoms with van der Waals surface area (Å²) in [7, 11) is 0. The molecule has 0 fully saturated rings. The quantitative estimate of drug-likeness (QED) is 0.724. The second-order valence-corrected chi connectivity index (χ2v) is 7.04. The Kier molecular flexibility index (Phi) is 4.01. The zero-order valence-corrected chi connectivity index (χ0v) is 14.5. The van der Waals surface area contributed by atoms with Crippen LogP contribution in [0.1, 0.15) is 18.9 Å². The number of fused-ring (bicyclic) bond motifs is 1. The van der Waals surface area contributed by atoms with Gasteiger partial charge in [-0.2, -0.15) is 4.68 Å². The van der Waals surface area contributed by atoms with E-state index in [9.17, 15) is 9.59 Å². The smallest absolute Gasteiger partial charge is 0.387 e. The number of hydrogen-bond donors (Lipinski definition) is 0. The lowest BCUT2D eigenvalue weighted by atomic mass is 9.96. The molecule has 6 nitrogen and oxygen atoms in total. The Balaban J connectivity index is 1.62. The van der Waals surface area contributed by atoms with Crippen LogP contribution in [0, 0.1) is 0 Å². The molecule has 1 amide bonds. The molecule has 4 rings (SSSR count). The molecule has 25 heavy (non-hydrogen) atoms. The first kappa shape index (κ1) is 15.8. The van der Waals surface area contributed by atoms with Gasteiger partial charge in [0, 0.05) is 11.7 Å². The van der Waals surface area contributed by atoms with E-state index in [1.807, 2.05) is 48.7 Å². The molecule has 1 atom stereocenters. The van der Waals surface area contributed by atoms with Gasteiger partial charge >= 0.3 is 5.76 Å². The maximum Gasteiger partial charge on any atom is 0.437 e. The van der Waals surface area contributed by atoms with Crippen molar-refractivity contribution >= 4 is 22.9 Å². The molecule has 0 saturated heterocycles. The van der Waals surface area contributed by atoms with Gasteiger partial charge in [0.25, 0.3) is 5.89 Å². The number of amides is 1. The van der Waals surface area contributed by atoms with Crippen LogP contribution in [0.25, 0.3) is 10.8 Å². The summed E-state index contributed by atoms with van der Waals surface area (Å²) in [4.78, 5) is 27.5. The largest absolute Gasteiger partial charge is 0.437 e. The average Bonchev–Trinajstić information content (AvgIpc) is 3.25. The van der Waals surface area contributed by atoms with Crippen molar-refractivity contribution in [1.29, 1.82) is 0 Å². The fourth-order valence-corrected chi connectivity index (χ4v) is 3.82. The fourth-order valence-electron chi connectivity index (χ4n) is 3.18. The minimum atomic E-state index is -0.616. The number of carbonyl (C=O) groups is 1. The standard InChI is InChI=1S/C18H17N3O3S/c1-12-8-9-13-5-2-3-6-14(13)21(12)16(22)11-20-18(23)24-17(19-20)15-7-4-10-25-15/h2-7,10,12H,8-9,11H2,1H3. The monoisotopic (exact) mass is 355 g/mol. The van der Waals surface area contributed by atoms with Gasteiger partial charge in [-0.1, -0.05) is 24.3 Å². The summed E-state index contributed by atoms with van der Waals surface area (Å²) in [6, 6.07) is 11.7. The van der Waals surface area contributed by atoms with Crippen molar-refractivity contribution < 1.29 is 9.21 Å². The number of benzene rings is 1. The average molecular weight is 355 g/mol.